The number of guanidine groups is 1. The standard InChI is InChI=1S/C39H54N18O17P2S2/c1-76(65)70-17-21-29(74-76)27(61)35(72-21)57-31-25(33(63)49-37(41)47-31)45-39(57)78-9-3-43-23(59)13-55-11-19(51-53-55)15-68-7-5-66-4-6-67-14-18-10-54(52-50-18)12-22(58)42-2-8-77-38-44-24-30(46-36(40)48-32(24)62)56(38)34-26(60)28-20(71-34)16-69-75(64)73-28/h10-11,20-21,25-29,34-35,60-61,64-65,76H,2-9,12-17H2,1H3,(H,42,58)(H,43,59)(H2,41,49,63)(H3,40,46,48,62)/t20?,21?,25?,26-,27-,28+,29+,34+,35+,75?/m0/s1. The molecule has 11 N–H and O–H groups in total. The van der Waals surface area contributed by atoms with Gasteiger partial charge in [-0.05, 0) is 0 Å². The van der Waals surface area contributed by atoms with Gasteiger partial charge in [-0.1, -0.05) is 22.2 Å². The topological polar surface area (TPSA) is 457 Å². The number of aliphatic hydroxyl groups is 2. The normalized spacial score (nSPS) is 27.7. The molecule has 6 aliphatic heterocycles. The Hall–Kier alpha value is -5.31. The monoisotopic (exact) mass is 1170 g/mol. The summed E-state index contributed by atoms with van der Waals surface area (Å²) in [5, 5.41) is 44.6. The van der Waals surface area contributed by atoms with Crippen LogP contribution in [0.1, 0.15) is 17.6 Å². The van der Waals surface area contributed by atoms with Crippen LogP contribution in [-0.2, 0) is 82.5 Å². The Balaban J connectivity index is 0.575. The van der Waals surface area contributed by atoms with Crippen LogP contribution < -0.4 is 27.7 Å². The number of imidazole rings is 1. The number of amidine groups is 2. The zero-order valence-corrected chi connectivity index (χ0v) is 44.6. The number of amides is 3. The molecule has 4 aromatic rings. The number of H-pyrrole nitrogens is 1. The quantitative estimate of drug-likeness (QED) is 0.0191. The first-order chi connectivity index (χ1) is 37.6. The summed E-state index contributed by atoms with van der Waals surface area (Å²) in [6, 6.07) is -1.10. The number of aliphatic imine (C=N–C) groups is 3. The summed E-state index contributed by atoms with van der Waals surface area (Å²) < 4.78 is 54.7. The fourth-order valence-electron chi connectivity index (χ4n) is 8.65. The van der Waals surface area contributed by atoms with E-state index < -0.39 is 83.1 Å². The molecule has 0 radical (unpaired) electrons. The summed E-state index contributed by atoms with van der Waals surface area (Å²) in [6.07, 6.45) is -4.74. The minimum atomic E-state index is -3.47. The van der Waals surface area contributed by atoms with E-state index in [4.69, 9.17) is 53.2 Å². The van der Waals surface area contributed by atoms with Crippen LogP contribution in [0.15, 0.2) is 37.3 Å². The van der Waals surface area contributed by atoms with E-state index in [0.29, 0.717) is 22.9 Å². The molecule has 6 aliphatic rings. The number of rotatable bonds is 23. The maximum absolute atomic E-state index is 12.8. The van der Waals surface area contributed by atoms with Crippen LogP contribution in [0.25, 0.3) is 11.2 Å². The molecule has 35 nitrogen and oxygen atoms in total. The zero-order chi connectivity index (χ0) is 54.7. The number of nitrogen functional groups attached to an aromatic ring is 1. The number of aliphatic hydroxyl groups excluding tert-OH is 2. The van der Waals surface area contributed by atoms with E-state index in [-0.39, 0.29) is 130 Å². The van der Waals surface area contributed by atoms with Crippen LogP contribution in [0, 0.1) is 0 Å². The number of thioether (sulfide) groups is 2. The molecule has 424 valence electrons. The minimum absolute atomic E-state index is 0.00370. The average molecular weight is 1170 g/mol. The molecule has 0 aromatic carbocycles. The van der Waals surface area contributed by atoms with Crippen molar-refractivity contribution in [3.63, 3.8) is 0 Å². The van der Waals surface area contributed by atoms with Crippen LogP contribution in [0.2, 0.25) is 0 Å². The number of fused-ring (bicyclic) bond motifs is 4. The fourth-order valence-corrected chi connectivity index (χ4v) is 12.6. The van der Waals surface area contributed by atoms with E-state index in [1.807, 2.05) is 0 Å². The third-order valence-electron chi connectivity index (χ3n) is 12.1. The van der Waals surface area contributed by atoms with Gasteiger partial charge in [-0.25, -0.2) is 14.3 Å². The number of nitrogens with zero attached hydrogens (tertiary/aromatic N) is 13. The zero-order valence-electron chi connectivity index (χ0n) is 41.1. The van der Waals surface area contributed by atoms with Gasteiger partial charge in [0.15, 0.2) is 22.5 Å². The first kappa shape index (κ1) is 56.0. The Morgan fingerprint density at radius 2 is 1.50 bits per heavy atom. The predicted molar refractivity (Wildman–Crippen MR) is 271 cm³/mol. The molecule has 3 amide bonds. The van der Waals surface area contributed by atoms with Crippen molar-refractivity contribution < 1.29 is 76.2 Å². The van der Waals surface area contributed by atoms with Gasteiger partial charge in [-0.2, -0.15) is 4.98 Å². The van der Waals surface area contributed by atoms with Crippen LogP contribution in [0.4, 0.5) is 5.95 Å². The van der Waals surface area contributed by atoms with Gasteiger partial charge in [0, 0.05) is 12.3 Å². The number of hydrogen-bond donors (Lipinski definition) is 9. The molecule has 0 bridgehead atoms. The molecular weight excluding hydrogens is 1120 g/mol. The fraction of sp³-hybridized carbons (Fsp3) is 0.615. The molecule has 0 spiro atoms. The second kappa shape index (κ2) is 24.6. The van der Waals surface area contributed by atoms with E-state index in [0.717, 1.165) is 0 Å². The van der Waals surface area contributed by atoms with E-state index in [1.165, 1.54) is 49.0 Å². The molecule has 4 fully saturated rings. The van der Waals surface area contributed by atoms with Gasteiger partial charge in [0.2, 0.25) is 11.9 Å². The van der Waals surface area contributed by atoms with Crippen molar-refractivity contribution in [1.29, 1.82) is 0 Å². The van der Waals surface area contributed by atoms with E-state index in [1.54, 1.807) is 12.4 Å². The van der Waals surface area contributed by atoms with Crippen molar-refractivity contribution in [2.45, 2.75) is 86.6 Å². The second-order valence-corrected chi connectivity index (χ2v) is 23.2. The first-order valence-electron chi connectivity index (χ1n) is 24.0. The van der Waals surface area contributed by atoms with Gasteiger partial charge < -0.3 is 49.0 Å². The summed E-state index contributed by atoms with van der Waals surface area (Å²) in [4.78, 5) is 96.1. The predicted octanol–water partition coefficient (Wildman–Crippen LogP) is -4.80. The number of nitrogens with one attached hydrogen (secondary N) is 3. The van der Waals surface area contributed by atoms with Crippen molar-refractivity contribution >= 4 is 91.9 Å². The summed E-state index contributed by atoms with van der Waals surface area (Å²) in [7, 11) is -5.66. The van der Waals surface area contributed by atoms with Crippen molar-refractivity contribution in [1.82, 2.24) is 65.0 Å². The van der Waals surface area contributed by atoms with Crippen LogP contribution in [0.3, 0.4) is 0 Å². The molecule has 10 atom stereocenters. The molecule has 10 heterocycles. The van der Waals surface area contributed by atoms with E-state index >= 15 is 0 Å². The van der Waals surface area contributed by atoms with Gasteiger partial charge >= 0.3 is 184 Å². The summed E-state index contributed by atoms with van der Waals surface area (Å²) in [5.74, 6) is -1.03. The summed E-state index contributed by atoms with van der Waals surface area (Å²) in [6.45, 7) is 2.86. The Morgan fingerprint density at radius 1 is 0.872 bits per heavy atom. The van der Waals surface area contributed by atoms with Crippen LogP contribution in [-0.4, -0.2) is 229 Å². The van der Waals surface area contributed by atoms with Gasteiger partial charge in [0.05, 0.1) is 58.6 Å². The Bertz CT molecular complexity index is 3000. The molecule has 39 heteroatoms. The number of carbonyl (C=O) groups is 3. The second-order valence-electron chi connectivity index (χ2n) is 17.8. The number of carbonyl (C=O) groups excluding carboxylic acids is 3. The Morgan fingerprint density at radius 3 is 2.19 bits per heavy atom. The van der Waals surface area contributed by atoms with E-state index in [9.17, 15) is 39.2 Å². The third kappa shape index (κ3) is 13.0. The van der Waals surface area contributed by atoms with E-state index in [2.05, 4.69) is 61.2 Å². The summed E-state index contributed by atoms with van der Waals surface area (Å²) in [5.41, 5.74) is 12.1. The average Bonchev–Trinajstić information content (AvgIpc) is 4.33. The SMILES string of the molecule is C[PH]1(O)OCC2O[C@@H](N3C(SCCNC(=O)Cn4cc(COCCOCCOCc5cn(CC(=O)NCCSc6nc7c(=O)[nH]c(N)nc7n6[C@@H]6OC7COP(O)O[C@H]7[C@@H]6O)nn5)nn4)=NC4C(=O)N=C(N)N=C43)[C@@H](O)[C@@H]2O1. The first-order valence-corrected chi connectivity index (χ1v) is 29.4. The van der Waals surface area contributed by atoms with Gasteiger partial charge in [-0.15, -0.1) is 10.2 Å². The van der Waals surface area contributed by atoms with Crippen molar-refractivity contribution in [3.05, 3.63) is 34.1 Å². The third-order valence-corrected chi connectivity index (χ3v) is 16.2. The number of aromatic nitrogens is 10. The van der Waals surface area contributed by atoms with Crippen molar-refractivity contribution in [2.24, 2.45) is 20.7 Å². The van der Waals surface area contributed by atoms with Crippen molar-refractivity contribution in [2.75, 3.05) is 76.6 Å². The maximum atomic E-state index is 12.8. The summed E-state index contributed by atoms with van der Waals surface area (Å²) >= 11 is 2.36. The number of hydrogen-bond acceptors (Lipinski definition) is 30. The molecule has 4 unspecified atom stereocenters. The molecule has 4 saturated heterocycles. The number of anilines is 1. The molecular formula is C39H54N18O17P2S2. The Kier molecular flexibility index (Phi) is 17.7. The molecule has 4 aromatic heterocycles. The molecule has 78 heavy (non-hydrogen) atoms. The van der Waals surface area contributed by atoms with Crippen LogP contribution in [0.5, 0.6) is 0 Å². The molecule has 0 saturated carbocycles. The van der Waals surface area contributed by atoms with Crippen molar-refractivity contribution in [3.8, 4) is 0 Å². The van der Waals surface area contributed by atoms with Gasteiger partial charge in [-0.3, -0.25) is 19.1 Å². The van der Waals surface area contributed by atoms with Gasteiger partial charge in [0.25, 0.3) is 5.56 Å². The number of ether oxygens (including phenoxy) is 5. The molecule has 0 aliphatic carbocycles. The van der Waals surface area contributed by atoms with Crippen LogP contribution >= 0.6 is 40.1 Å². The Labute approximate surface area is 449 Å². The number of aromatic amines is 1. The molecule has 10 rings (SSSR count). The van der Waals surface area contributed by atoms with Gasteiger partial charge in [0.1, 0.15) is 36.2 Å². The number of nitrogens with two attached hydrogens (primary N) is 2.